The minimum Gasteiger partial charge on any atom is -0.444 e. The van der Waals surface area contributed by atoms with Gasteiger partial charge in [-0.25, -0.2) is 4.79 Å². The van der Waals surface area contributed by atoms with E-state index in [1.165, 1.54) is 0 Å². The Bertz CT molecular complexity index is 960. The standard InChI is InChI=1S/C22H29N3O4/c1-12-8-7-9-13-17(12)29-24-18(13)22(5,6)23-19(26)16-14-10-25(11-15(14)16)20(27)28-21(2,3)4/h7-9,14-16H,10-11H2,1-6H3,(H,23,26)/t14-,15+,16+. The maximum absolute atomic E-state index is 12.9. The number of fused-ring (bicyclic) bond motifs is 2. The third-order valence-electron chi connectivity index (χ3n) is 5.87. The first-order chi connectivity index (χ1) is 13.5. The smallest absolute Gasteiger partial charge is 0.410 e. The van der Waals surface area contributed by atoms with Crippen molar-refractivity contribution in [3.05, 3.63) is 29.5 Å². The molecule has 2 fully saturated rings. The minimum absolute atomic E-state index is 0.0117. The average Bonchev–Trinajstić information content (AvgIpc) is 2.96. The number of amides is 2. The van der Waals surface area contributed by atoms with Gasteiger partial charge in [0.15, 0.2) is 5.58 Å². The van der Waals surface area contributed by atoms with Crippen molar-refractivity contribution in [2.75, 3.05) is 13.1 Å². The van der Waals surface area contributed by atoms with E-state index in [1.54, 1.807) is 4.90 Å². The minimum atomic E-state index is -0.655. The molecule has 0 spiro atoms. The summed E-state index contributed by atoms with van der Waals surface area (Å²) in [6, 6.07) is 5.91. The maximum atomic E-state index is 12.9. The summed E-state index contributed by atoms with van der Waals surface area (Å²) in [6.45, 7) is 12.6. The van der Waals surface area contributed by atoms with E-state index in [1.807, 2.05) is 59.7 Å². The molecule has 3 atom stereocenters. The number of likely N-dealkylation sites (tertiary alicyclic amines) is 1. The van der Waals surface area contributed by atoms with Crippen LogP contribution in [0.25, 0.3) is 11.0 Å². The number of benzene rings is 1. The van der Waals surface area contributed by atoms with Gasteiger partial charge < -0.3 is 19.5 Å². The number of nitrogens with zero attached hydrogens (tertiary/aromatic N) is 2. The van der Waals surface area contributed by atoms with Crippen molar-refractivity contribution >= 4 is 23.0 Å². The fourth-order valence-corrected chi connectivity index (χ4v) is 4.39. The zero-order valence-corrected chi connectivity index (χ0v) is 17.9. The molecule has 1 aliphatic carbocycles. The molecule has 4 rings (SSSR count). The van der Waals surface area contributed by atoms with Gasteiger partial charge >= 0.3 is 6.09 Å². The molecule has 7 heteroatoms. The van der Waals surface area contributed by atoms with Crippen molar-refractivity contribution in [1.82, 2.24) is 15.4 Å². The van der Waals surface area contributed by atoms with E-state index in [4.69, 9.17) is 9.26 Å². The molecule has 2 heterocycles. The van der Waals surface area contributed by atoms with Crippen LogP contribution < -0.4 is 5.32 Å². The predicted molar refractivity (Wildman–Crippen MR) is 108 cm³/mol. The Balaban J connectivity index is 1.40. The molecular weight excluding hydrogens is 370 g/mol. The largest absolute Gasteiger partial charge is 0.444 e. The first-order valence-corrected chi connectivity index (χ1v) is 10.1. The molecule has 0 unspecified atom stereocenters. The Morgan fingerprint density at radius 1 is 1.17 bits per heavy atom. The molecule has 0 bridgehead atoms. The van der Waals surface area contributed by atoms with Crippen molar-refractivity contribution in [3.63, 3.8) is 0 Å². The number of carbonyl (C=O) groups excluding carboxylic acids is 2. The number of carbonyl (C=O) groups is 2. The predicted octanol–water partition coefficient (Wildman–Crippen LogP) is 3.60. The van der Waals surface area contributed by atoms with Crippen molar-refractivity contribution in [1.29, 1.82) is 0 Å². The third-order valence-corrected chi connectivity index (χ3v) is 5.87. The van der Waals surface area contributed by atoms with Crippen LogP contribution in [-0.4, -0.2) is 40.7 Å². The summed E-state index contributed by atoms with van der Waals surface area (Å²) in [6.07, 6.45) is -0.298. The van der Waals surface area contributed by atoms with Gasteiger partial charge in [0.05, 0.1) is 5.54 Å². The number of hydrogen-bond donors (Lipinski definition) is 1. The van der Waals surface area contributed by atoms with Gasteiger partial charge in [-0.1, -0.05) is 17.3 Å². The van der Waals surface area contributed by atoms with Gasteiger partial charge in [-0.15, -0.1) is 0 Å². The van der Waals surface area contributed by atoms with Gasteiger partial charge in [0.25, 0.3) is 0 Å². The number of hydrogen-bond acceptors (Lipinski definition) is 5. The highest BCUT2D eigenvalue weighted by molar-refractivity contribution is 5.86. The van der Waals surface area contributed by atoms with Gasteiger partial charge in [-0.05, 0) is 65.0 Å². The molecule has 2 aromatic rings. The fraction of sp³-hybridized carbons (Fsp3) is 0.591. The maximum Gasteiger partial charge on any atom is 0.410 e. The molecule has 1 aromatic carbocycles. The molecule has 156 valence electrons. The van der Waals surface area contributed by atoms with E-state index >= 15 is 0 Å². The van der Waals surface area contributed by atoms with E-state index in [0.717, 1.165) is 22.2 Å². The fourth-order valence-electron chi connectivity index (χ4n) is 4.39. The molecule has 1 N–H and O–H groups in total. The molecule has 1 saturated heterocycles. The lowest BCUT2D eigenvalue weighted by Gasteiger charge is -2.27. The average molecular weight is 399 g/mol. The summed E-state index contributed by atoms with van der Waals surface area (Å²) >= 11 is 0. The van der Waals surface area contributed by atoms with Crippen LogP contribution in [0.5, 0.6) is 0 Å². The third kappa shape index (κ3) is 3.58. The monoisotopic (exact) mass is 399 g/mol. The van der Waals surface area contributed by atoms with E-state index < -0.39 is 11.1 Å². The van der Waals surface area contributed by atoms with Crippen LogP contribution in [0.15, 0.2) is 22.7 Å². The van der Waals surface area contributed by atoms with Crippen molar-refractivity contribution in [3.8, 4) is 0 Å². The second kappa shape index (κ2) is 6.47. The molecule has 1 saturated carbocycles. The number of aryl methyl sites for hydroxylation is 1. The quantitative estimate of drug-likeness (QED) is 0.852. The molecule has 7 nitrogen and oxygen atoms in total. The highest BCUT2D eigenvalue weighted by atomic mass is 16.6. The van der Waals surface area contributed by atoms with Crippen LogP contribution in [0.3, 0.4) is 0 Å². The zero-order valence-electron chi connectivity index (χ0n) is 17.9. The second-order valence-electron chi connectivity index (χ2n) is 9.84. The molecule has 0 radical (unpaired) electrons. The summed E-state index contributed by atoms with van der Waals surface area (Å²) in [5.41, 5.74) is 1.33. The molecule has 2 aliphatic rings. The summed E-state index contributed by atoms with van der Waals surface area (Å²) in [5, 5.41) is 8.31. The Morgan fingerprint density at radius 2 is 1.83 bits per heavy atom. The molecule has 1 aromatic heterocycles. The summed E-state index contributed by atoms with van der Waals surface area (Å²) in [5.74, 6) is 0.356. The summed E-state index contributed by atoms with van der Waals surface area (Å²) in [7, 11) is 0. The number of para-hydroxylation sites is 1. The summed E-state index contributed by atoms with van der Waals surface area (Å²) < 4.78 is 11.0. The van der Waals surface area contributed by atoms with Crippen molar-refractivity contribution in [2.45, 2.75) is 52.7 Å². The molecule has 29 heavy (non-hydrogen) atoms. The normalized spacial score (nSPS) is 23.8. The number of ether oxygens (including phenoxy) is 1. The van der Waals surface area contributed by atoms with Crippen LogP contribution in [0, 0.1) is 24.7 Å². The Morgan fingerprint density at radius 3 is 2.45 bits per heavy atom. The molecule has 1 aliphatic heterocycles. The van der Waals surface area contributed by atoms with Gasteiger partial charge in [0, 0.05) is 24.4 Å². The van der Waals surface area contributed by atoms with Crippen LogP contribution in [0.1, 0.15) is 45.9 Å². The topological polar surface area (TPSA) is 84.7 Å². The van der Waals surface area contributed by atoms with Crippen LogP contribution in [-0.2, 0) is 15.1 Å². The van der Waals surface area contributed by atoms with Gasteiger partial charge in [-0.3, -0.25) is 4.79 Å². The van der Waals surface area contributed by atoms with Gasteiger partial charge in [0.2, 0.25) is 5.91 Å². The van der Waals surface area contributed by atoms with E-state index in [9.17, 15) is 9.59 Å². The first-order valence-electron chi connectivity index (χ1n) is 10.1. The van der Waals surface area contributed by atoms with E-state index in [0.29, 0.717) is 13.1 Å². The number of piperidine rings is 1. The number of rotatable bonds is 3. The lowest BCUT2D eigenvalue weighted by atomic mass is 9.96. The van der Waals surface area contributed by atoms with Gasteiger partial charge in [-0.2, -0.15) is 0 Å². The van der Waals surface area contributed by atoms with Crippen LogP contribution >= 0.6 is 0 Å². The van der Waals surface area contributed by atoms with E-state index in [-0.39, 0.29) is 29.8 Å². The Labute approximate surface area is 170 Å². The van der Waals surface area contributed by atoms with Crippen molar-refractivity contribution in [2.24, 2.45) is 17.8 Å². The lowest BCUT2D eigenvalue weighted by Crippen LogP contribution is -2.44. The summed E-state index contributed by atoms with van der Waals surface area (Å²) in [4.78, 5) is 26.9. The lowest BCUT2D eigenvalue weighted by molar-refractivity contribution is -0.125. The number of aromatic nitrogens is 1. The Hall–Kier alpha value is -2.57. The highest BCUT2D eigenvalue weighted by Gasteiger charge is 2.61. The van der Waals surface area contributed by atoms with E-state index in [2.05, 4.69) is 10.5 Å². The molecule has 2 amide bonds. The molecular formula is C22H29N3O4. The first kappa shape index (κ1) is 19.7. The van der Waals surface area contributed by atoms with Gasteiger partial charge in [0.1, 0.15) is 11.3 Å². The number of nitrogens with one attached hydrogen (secondary N) is 1. The van der Waals surface area contributed by atoms with Crippen molar-refractivity contribution < 1.29 is 18.8 Å². The highest BCUT2D eigenvalue weighted by Crippen LogP contribution is 2.52. The van der Waals surface area contributed by atoms with Crippen LogP contribution in [0.4, 0.5) is 4.79 Å². The Kier molecular flexibility index (Phi) is 4.40. The zero-order chi connectivity index (χ0) is 21.1. The second-order valence-corrected chi connectivity index (χ2v) is 9.84. The van der Waals surface area contributed by atoms with Crippen LogP contribution in [0.2, 0.25) is 0 Å². The SMILES string of the molecule is Cc1cccc2c(C(C)(C)NC(=O)[C@H]3[C@@H]4CN(C(=O)OC(C)(C)C)C[C@@H]43)noc12.